The maximum absolute atomic E-state index is 2.74. The molecule has 0 amide bonds. The van der Waals surface area contributed by atoms with Crippen molar-refractivity contribution in [2.75, 3.05) is 9.80 Å². The van der Waals surface area contributed by atoms with E-state index in [0.29, 0.717) is 0 Å². The Kier molecular flexibility index (Phi) is 16.3. The van der Waals surface area contributed by atoms with Gasteiger partial charge in [-0.15, -0.1) is 0 Å². The summed E-state index contributed by atoms with van der Waals surface area (Å²) in [7, 11) is 0. The van der Waals surface area contributed by atoms with Crippen molar-refractivity contribution in [2.24, 2.45) is 0 Å². The Labute approximate surface area is 693 Å². The molecule has 0 bridgehead atoms. The van der Waals surface area contributed by atoms with E-state index in [-0.39, 0.29) is 6.71 Å². The molecule has 23 rings (SSSR count). The van der Waals surface area contributed by atoms with Crippen molar-refractivity contribution in [1.29, 1.82) is 0 Å². The lowest BCUT2D eigenvalue weighted by Gasteiger charge is -2.46. The van der Waals surface area contributed by atoms with Gasteiger partial charge in [-0.1, -0.05) is 360 Å². The van der Waals surface area contributed by atoms with E-state index in [1.807, 2.05) is 0 Å². The number of aromatic nitrogens is 2. The van der Waals surface area contributed by atoms with Gasteiger partial charge in [0.25, 0.3) is 6.71 Å². The Bertz CT molecular complexity index is 7040. The zero-order valence-electron chi connectivity index (χ0n) is 66.3. The Morgan fingerprint density at radius 2 is 0.487 bits per heavy atom. The topological polar surface area (TPSA) is 16.3 Å². The van der Waals surface area contributed by atoms with E-state index >= 15 is 0 Å². The molecule has 19 aromatic carbocycles. The zero-order valence-corrected chi connectivity index (χ0v) is 66.3. The summed E-state index contributed by atoms with van der Waals surface area (Å²) >= 11 is 0. The Hall–Kier alpha value is -15.0. The average Bonchev–Trinajstić information content (AvgIpc) is 0.799. The summed E-state index contributed by atoms with van der Waals surface area (Å²) in [4.78, 5) is 5.47. The standard InChI is InChI=1S/C114H79BN4/c1-114(2,3)84-68-107-111-108(69-84)119(113-97(80-48-24-10-25-49-80)66-83(75-38-14-5-15-39-75)67-98(113)81-50-26-11-27-51-81)104-71-86(117-102-59-35-33-57-92(102)110-90-55-31-29-53-88(90)94(73-106(110)117)77-42-18-7-19-43-77)61-63-100(104)115(111)99-62-60-85(116-101-58-34-32-56-91(101)109-89-54-30-28-52-87(89)93(72-105(109)116)76-40-16-6-17-41-76)70-103(99)118(107)112-95(78-44-20-8-21-45-78)64-82(74-36-12-4-13-37-74)65-96(112)79-46-22-9-23-47-79/h4-73H,1-3H3. The fraction of sp³-hybridized carbons (Fsp3) is 0.0351. The largest absolute Gasteiger partial charge is 0.310 e. The van der Waals surface area contributed by atoms with Crippen molar-refractivity contribution >= 4 is 122 Å². The summed E-state index contributed by atoms with van der Waals surface area (Å²) in [6, 6.07) is 160. The van der Waals surface area contributed by atoms with Crippen LogP contribution in [-0.2, 0) is 5.41 Å². The molecule has 0 saturated carbocycles. The normalized spacial score (nSPS) is 12.4. The number of rotatable bonds is 12. The van der Waals surface area contributed by atoms with Crippen LogP contribution in [0, 0.1) is 0 Å². The monoisotopic (exact) mass is 1510 g/mol. The molecule has 0 unspecified atom stereocenters. The van der Waals surface area contributed by atoms with E-state index in [4.69, 9.17) is 0 Å². The molecule has 5 heteroatoms. The number of fused-ring (bicyclic) bond motifs is 14. The molecular formula is C114H79BN4. The molecule has 4 nitrogen and oxygen atoms in total. The van der Waals surface area contributed by atoms with Gasteiger partial charge >= 0.3 is 0 Å². The summed E-state index contributed by atoms with van der Waals surface area (Å²) < 4.78 is 5.14. The average molecular weight is 1520 g/mol. The molecule has 558 valence electrons. The van der Waals surface area contributed by atoms with E-state index in [9.17, 15) is 0 Å². The van der Waals surface area contributed by atoms with E-state index in [1.54, 1.807) is 0 Å². The smallest absolute Gasteiger partial charge is 0.252 e. The fourth-order valence-corrected chi connectivity index (χ4v) is 19.8. The van der Waals surface area contributed by atoms with E-state index in [0.717, 1.165) is 134 Å². The van der Waals surface area contributed by atoms with Crippen LogP contribution in [0.3, 0.4) is 0 Å². The quantitative estimate of drug-likeness (QED) is 0.113. The Morgan fingerprint density at radius 3 is 0.807 bits per heavy atom. The summed E-state index contributed by atoms with van der Waals surface area (Å²) in [5.74, 6) is 0. The van der Waals surface area contributed by atoms with E-state index < -0.39 is 5.41 Å². The molecule has 0 N–H and O–H groups in total. The lowest BCUT2D eigenvalue weighted by molar-refractivity contribution is 0.590. The summed E-state index contributed by atoms with van der Waals surface area (Å²) in [6.45, 7) is 6.89. The molecular weight excluding hydrogens is 1440 g/mol. The third-order valence-electron chi connectivity index (χ3n) is 25.2. The van der Waals surface area contributed by atoms with Crippen molar-refractivity contribution in [1.82, 2.24) is 9.13 Å². The van der Waals surface area contributed by atoms with Gasteiger partial charge in [-0.2, -0.15) is 0 Å². The van der Waals surface area contributed by atoms with Crippen molar-refractivity contribution in [3.63, 3.8) is 0 Å². The maximum atomic E-state index is 2.74. The number of nitrogens with zero attached hydrogens (tertiary/aromatic N) is 4. The van der Waals surface area contributed by atoms with Crippen LogP contribution < -0.4 is 26.2 Å². The van der Waals surface area contributed by atoms with Gasteiger partial charge in [0, 0.05) is 77.9 Å². The van der Waals surface area contributed by atoms with Crippen LogP contribution in [-0.4, -0.2) is 15.8 Å². The van der Waals surface area contributed by atoms with Crippen molar-refractivity contribution in [2.45, 2.75) is 26.2 Å². The number of para-hydroxylation sites is 2. The number of hydrogen-bond acceptors (Lipinski definition) is 2. The van der Waals surface area contributed by atoms with Gasteiger partial charge in [-0.25, -0.2) is 0 Å². The Morgan fingerprint density at radius 1 is 0.210 bits per heavy atom. The van der Waals surface area contributed by atoms with E-state index in [1.165, 1.54) is 87.3 Å². The van der Waals surface area contributed by atoms with Crippen molar-refractivity contribution in [3.8, 4) is 100 Å². The minimum absolute atomic E-state index is 0.318. The second kappa shape index (κ2) is 27.9. The summed E-state index contributed by atoms with van der Waals surface area (Å²) in [5, 5.41) is 9.78. The molecule has 0 saturated heterocycles. The van der Waals surface area contributed by atoms with Gasteiger partial charge in [0.2, 0.25) is 0 Å². The summed E-state index contributed by atoms with van der Waals surface area (Å²) in [6.07, 6.45) is 0. The first kappa shape index (κ1) is 69.5. The van der Waals surface area contributed by atoms with Crippen LogP contribution in [0.4, 0.5) is 34.1 Å². The van der Waals surface area contributed by atoms with Gasteiger partial charge in [-0.05, 0) is 201 Å². The molecule has 0 aliphatic carbocycles. The molecule has 21 aromatic rings. The molecule has 2 aliphatic rings. The number of hydrogen-bond donors (Lipinski definition) is 0. The molecule has 0 fully saturated rings. The van der Waals surface area contributed by atoms with Crippen molar-refractivity contribution < 1.29 is 0 Å². The first-order valence-electron chi connectivity index (χ1n) is 41.5. The molecule has 0 radical (unpaired) electrons. The molecule has 2 aromatic heterocycles. The van der Waals surface area contributed by atoms with Gasteiger partial charge in [0.05, 0.1) is 33.4 Å². The highest BCUT2D eigenvalue weighted by molar-refractivity contribution is 7.00. The zero-order chi connectivity index (χ0) is 79.0. The van der Waals surface area contributed by atoms with Gasteiger partial charge in [0.15, 0.2) is 0 Å². The highest BCUT2D eigenvalue weighted by atomic mass is 15.2. The summed E-state index contributed by atoms with van der Waals surface area (Å²) in [5.41, 5.74) is 36.0. The molecule has 119 heavy (non-hydrogen) atoms. The van der Waals surface area contributed by atoms with Gasteiger partial charge in [-0.3, -0.25) is 0 Å². The third kappa shape index (κ3) is 11.3. The van der Waals surface area contributed by atoms with E-state index in [2.05, 4.69) is 464 Å². The van der Waals surface area contributed by atoms with Crippen LogP contribution in [0.1, 0.15) is 26.3 Å². The second-order valence-corrected chi connectivity index (χ2v) is 33.0. The minimum Gasteiger partial charge on any atom is -0.310 e. The number of anilines is 6. The predicted octanol–water partition coefficient (Wildman–Crippen LogP) is 28.9. The van der Waals surface area contributed by atoms with Crippen molar-refractivity contribution in [3.05, 3.63) is 430 Å². The molecule has 0 atom stereocenters. The highest BCUT2D eigenvalue weighted by Crippen LogP contribution is 2.57. The van der Waals surface area contributed by atoms with Crippen LogP contribution in [0.2, 0.25) is 0 Å². The second-order valence-electron chi connectivity index (χ2n) is 33.0. The van der Waals surface area contributed by atoms with Crippen LogP contribution in [0.15, 0.2) is 425 Å². The third-order valence-corrected chi connectivity index (χ3v) is 25.2. The van der Waals surface area contributed by atoms with Crippen LogP contribution >= 0.6 is 0 Å². The molecule has 2 aliphatic heterocycles. The van der Waals surface area contributed by atoms with Crippen LogP contribution in [0.5, 0.6) is 0 Å². The van der Waals surface area contributed by atoms with Gasteiger partial charge in [0.1, 0.15) is 0 Å². The SMILES string of the molecule is CC(C)(C)c1cc2c3c(c1)N(c1c(-c4ccccc4)cc(-c4ccccc4)cc1-c1ccccc1)c1cc(-n4c5ccccc5c5c6ccccc6c(-c6ccccc6)cc54)ccc1B3c1ccc(-n3c4ccccc4c4c5ccccc5c(-c5ccccc5)cc43)cc1N2c1c(-c2ccccc2)cc(-c2ccccc2)cc1-c1ccccc1. The minimum atomic E-state index is -0.392. The number of benzene rings is 19. The lowest BCUT2D eigenvalue weighted by atomic mass is 9.33. The van der Waals surface area contributed by atoms with Gasteiger partial charge < -0.3 is 18.9 Å². The molecule has 0 spiro atoms. The predicted molar refractivity (Wildman–Crippen MR) is 506 cm³/mol. The first-order valence-corrected chi connectivity index (χ1v) is 41.5. The highest BCUT2D eigenvalue weighted by Gasteiger charge is 2.47. The lowest BCUT2D eigenvalue weighted by Crippen LogP contribution is -2.61. The first-order chi connectivity index (χ1) is 58.7. The fourth-order valence-electron chi connectivity index (χ4n) is 19.8. The molecule has 4 heterocycles. The maximum Gasteiger partial charge on any atom is 0.252 e. The van der Waals surface area contributed by atoms with Crippen LogP contribution in [0.25, 0.3) is 166 Å². The Balaban J connectivity index is 0.896.